The highest BCUT2D eigenvalue weighted by Crippen LogP contribution is 2.34. The molecule has 2 atom stereocenters. The van der Waals surface area contributed by atoms with Gasteiger partial charge in [-0.05, 0) is 56.4 Å². The Labute approximate surface area is 127 Å². The molecule has 0 aromatic heterocycles. The summed E-state index contributed by atoms with van der Waals surface area (Å²) in [4.78, 5) is 11.0. The highest BCUT2D eigenvalue weighted by Gasteiger charge is 2.18. The zero-order valence-corrected chi connectivity index (χ0v) is 13.2. The van der Waals surface area contributed by atoms with Crippen molar-refractivity contribution in [2.45, 2.75) is 39.5 Å². The van der Waals surface area contributed by atoms with E-state index in [0.29, 0.717) is 5.56 Å². The fourth-order valence-electron chi connectivity index (χ4n) is 2.36. The number of nitrogens with zero attached hydrogens (tertiary/aromatic N) is 1. The number of hydrogen-bond acceptors (Lipinski definition) is 3. The topological polar surface area (TPSA) is 50.1 Å². The SMILES string of the molecule is COc1ccc(C#N)cc1C(CC=C(C)C)CC(C)C=O. The van der Waals surface area contributed by atoms with Crippen LogP contribution in [0.25, 0.3) is 0 Å². The van der Waals surface area contributed by atoms with Crippen molar-refractivity contribution in [1.82, 2.24) is 0 Å². The highest BCUT2D eigenvalue weighted by molar-refractivity contribution is 5.53. The number of allylic oxidation sites excluding steroid dienone is 2. The number of hydrogen-bond donors (Lipinski definition) is 0. The molecule has 0 aliphatic rings. The van der Waals surface area contributed by atoms with Gasteiger partial charge in [-0.15, -0.1) is 0 Å². The predicted molar refractivity (Wildman–Crippen MR) is 84.3 cm³/mol. The van der Waals surface area contributed by atoms with Gasteiger partial charge in [-0.25, -0.2) is 0 Å². The Bertz CT molecular complexity index is 551. The van der Waals surface area contributed by atoms with Crippen LogP contribution < -0.4 is 4.74 Å². The molecule has 1 rings (SSSR count). The van der Waals surface area contributed by atoms with Crippen molar-refractivity contribution in [2.75, 3.05) is 7.11 Å². The molecule has 0 bridgehead atoms. The Balaban J connectivity index is 3.19. The minimum absolute atomic E-state index is 0.0176. The number of nitriles is 1. The summed E-state index contributed by atoms with van der Waals surface area (Å²) >= 11 is 0. The summed E-state index contributed by atoms with van der Waals surface area (Å²) in [6.45, 7) is 6.04. The fraction of sp³-hybridized carbons (Fsp3) is 0.444. The Morgan fingerprint density at radius 3 is 2.67 bits per heavy atom. The van der Waals surface area contributed by atoms with E-state index < -0.39 is 0 Å². The molecule has 3 heteroatoms. The predicted octanol–water partition coefficient (Wildman–Crippen LogP) is 4.23. The molecular weight excluding hydrogens is 262 g/mol. The molecule has 0 fully saturated rings. The van der Waals surface area contributed by atoms with Crippen molar-refractivity contribution in [3.63, 3.8) is 0 Å². The Kier molecular flexibility index (Phi) is 6.68. The van der Waals surface area contributed by atoms with Gasteiger partial charge in [0.1, 0.15) is 12.0 Å². The molecule has 0 amide bonds. The highest BCUT2D eigenvalue weighted by atomic mass is 16.5. The van der Waals surface area contributed by atoms with E-state index in [1.807, 2.05) is 19.1 Å². The maximum absolute atomic E-state index is 11.0. The summed E-state index contributed by atoms with van der Waals surface area (Å²) < 4.78 is 5.43. The minimum Gasteiger partial charge on any atom is -0.496 e. The molecule has 0 radical (unpaired) electrons. The normalized spacial score (nSPS) is 12.9. The lowest BCUT2D eigenvalue weighted by Gasteiger charge is -2.20. The molecule has 21 heavy (non-hydrogen) atoms. The van der Waals surface area contributed by atoms with Gasteiger partial charge in [0, 0.05) is 5.92 Å². The first-order chi connectivity index (χ1) is 10.0. The summed E-state index contributed by atoms with van der Waals surface area (Å²) in [6.07, 6.45) is 4.74. The van der Waals surface area contributed by atoms with E-state index in [1.165, 1.54) is 5.57 Å². The van der Waals surface area contributed by atoms with Crippen molar-refractivity contribution in [2.24, 2.45) is 5.92 Å². The monoisotopic (exact) mass is 285 g/mol. The number of rotatable bonds is 7. The Morgan fingerprint density at radius 2 is 2.14 bits per heavy atom. The summed E-state index contributed by atoms with van der Waals surface area (Å²) in [6, 6.07) is 7.62. The smallest absolute Gasteiger partial charge is 0.122 e. The number of carbonyl (C=O) groups is 1. The standard InChI is InChI=1S/C18H23NO2/c1-13(2)5-7-16(9-14(3)12-20)17-10-15(11-19)6-8-18(17)21-4/h5-6,8,10,12,14,16H,7,9H2,1-4H3. The quantitative estimate of drug-likeness (QED) is 0.556. The second-order valence-corrected chi connectivity index (χ2v) is 5.63. The molecule has 0 saturated heterocycles. The maximum Gasteiger partial charge on any atom is 0.122 e. The molecule has 112 valence electrons. The van der Waals surface area contributed by atoms with Crippen molar-refractivity contribution < 1.29 is 9.53 Å². The van der Waals surface area contributed by atoms with Crippen LogP contribution >= 0.6 is 0 Å². The largest absolute Gasteiger partial charge is 0.496 e. The maximum atomic E-state index is 11.0. The first kappa shape index (κ1) is 17.0. The van der Waals surface area contributed by atoms with Gasteiger partial charge in [0.2, 0.25) is 0 Å². The van der Waals surface area contributed by atoms with Crippen molar-refractivity contribution in [1.29, 1.82) is 5.26 Å². The zero-order valence-electron chi connectivity index (χ0n) is 13.2. The first-order valence-electron chi connectivity index (χ1n) is 7.18. The summed E-state index contributed by atoms with van der Waals surface area (Å²) in [5.41, 5.74) is 2.86. The Morgan fingerprint density at radius 1 is 1.43 bits per heavy atom. The molecule has 0 aliphatic carbocycles. The molecule has 1 aromatic carbocycles. The van der Waals surface area contributed by atoms with Crippen molar-refractivity contribution in [3.8, 4) is 11.8 Å². The third-order valence-corrected chi connectivity index (χ3v) is 3.50. The van der Waals surface area contributed by atoms with E-state index in [1.54, 1.807) is 13.2 Å². The molecule has 0 aliphatic heterocycles. The van der Waals surface area contributed by atoms with Gasteiger partial charge in [0.05, 0.1) is 18.7 Å². The second-order valence-electron chi connectivity index (χ2n) is 5.63. The third-order valence-electron chi connectivity index (χ3n) is 3.50. The number of benzene rings is 1. The molecule has 1 aromatic rings. The molecule has 0 saturated carbocycles. The Hall–Kier alpha value is -2.08. The molecule has 0 N–H and O–H groups in total. The molecule has 0 spiro atoms. The number of ether oxygens (including phenoxy) is 1. The van der Waals surface area contributed by atoms with Crippen LogP contribution in [0.2, 0.25) is 0 Å². The van der Waals surface area contributed by atoms with Crippen LogP contribution in [0.15, 0.2) is 29.8 Å². The van der Waals surface area contributed by atoms with Gasteiger partial charge in [0.15, 0.2) is 0 Å². The van der Waals surface area contributed by atoms with Crippen LogP contribution in [0.4, 0.5) is 0 Å². The van der Waals surface area contributed by atoms with Crippen molar-refractivity contribution in [3.05, 3.63) is 41.0 Å². The van der Waals surface area contributed by atoms with Gasteiger partial charge >= 0.3 is 0 Å². The average molecular weight is 285 g/mol. The zero-order chi connectivity index (χ0) is 15.8. The number of methoxy groups -OCH3 is 1. The molecule has 2 unspecified atom stereocenters. The number of carbonyl (C=O) groups excluding carboxylic acids is 1. The van der Waals surface area contributed by atoms with Crippen LogP contribution in [0.5, 0.6) is 5.75 Å². The summed E-state index contributed by atoms with van der Waals surface area (Å²) in [5.74, 6) is 0.929. The lowest BCUT2D eigenvalue weighted by molar-refractivity contribution is -0.110. The van der Waals surface area contributed by atoms with E-state index in [2.05, 4.69) is 26.0 Å². The van der Waals surface area contributed by atoms with Gasteiger partial charge in [-0.1, -0.05) is 18.6 Å². The van der Waals surface area contributed by atoms with Gasteiger partial charge in [0.25, 0.3) is 0 Å². The lowest BCUT2D eigenvalue weighted by Crippen LogP contribution is -2.08. The van der Waals surface area contributed by atoms with E-state index in [0.717, 1.165) is 30.4 Å². The van der Waals surface area contributed by atoms with Gasteiger partial charge in [-0.3, -0.25) is 0 Å². The van der Waals surface area contributed by atoms with E-state index in [9.17, 15) is 4.79 Å². The van der Waals surface area contributed by atoms with Crippen LogP contribution in [0.3, 0.4) is 0 Å². The molecule has 0 heterocycles. The summed E-state index contributed by atoms with van der Waals surface area (Å²) in [5, 5.41) is 9.09. The van der Waals surface area contributed by atoms with Crippen LogP contribution in [0, 0.1) is 17.2 Å². The van der Waals surface area contributed by atoms with E-state index >= 15 is 0 Å². The van der Waals surface area contributed by atoms with Gasteiger partial charge in [-0.2, -0.15) is 5.26 Å². The lowest BCUT2D eigenvalue weighted by atomic mass is 9.86. The summed E-state index contributed by atoms with van der Waals surface area (Å²) in [7, 11) is 1.63. The molecular formula is C18H23NO2. The fourth-order valence-corrected chi connectivity index (χ4v) is 2.36. The van der Waals surface area contributed by atoms with E-state index in [4.69, 9.17) is 10.00 Å². The van der Waals surface area contributed by atoms with Crippen molar-refractivity contribution >= 4 is 6.29 Å². The van der Waals surface area contributed by atoms with Crippen LogP contribution in [-0.4, -0.2) is 13.4 Å². The van der Waals surface area contributed by atoms with Gasteiger partial charge < -0.3 is 9.53 Å². The van der Waals surface area contributed by atoms with Crippen LogP contribution in [0.1, 0.15) is 50.7 Å². The number of aldehydes is 1. The van der Waals surface area contributed by atoms with Crippen LogP contribution in [-0.2, 0) is 4.79 Å². The average Bonchev–Trinajstić information content (AvgIpc) is 2.50. The third kappa shape index (κ3) is 5.07. The van der Waals surface area contributed by atoms with E-state index in [-0.39, 0.29) is 11.8 Å². The second kappa shape index (κ2) is 8.26. The minimum atomic E-state index is -0.0176. The first-order valence-corrected chi connectivity index (χ1v) is 7.18. The molecule has 3 nitrogen and oxygen atoms in total.